The van der Waals surface area contributed by atoms with Gasteiger partial charge in [0, 0.05) is 30.6 Å². The van der Waals surface area contributed by atoms with Crippen LogP contribution in [0.2, 0.25) is 0 Å². The topological polar surface area (TPSA) is 57.6 Å². The molecule has 1 fully saturated rings. The third kappa shape index (κ3) is 8.58. The fourth-order valence-corrected chi connectivity index (χ4v) is 5.23. The summed E-state index contributed by atoms with van der Waals surface area (Å²) in [5, 5.41) is 9.88. The predicted molar refractivity (Wildman–Crippen MR) is 156 cm³/mol. The highest BCUT2D eigenvalue weighted by molar-refractivity contribution is 5.79. The van der Waals surface area contributed by atoms with Crippen LogP contribution in [0.25, 0.3) is 0 Å². The number of aldehydes is 1. The van der Waals surface area contributed by atoms with E-state index in [1.165, 1.54) is 50.2 Å². The van der Waals surface area contributed by atoms with Crippen LogP contribution in [0.4, 0.5) is 0 Å². The lowest BCUT2D eigenvalue weighted by atomic mass is 10.0. The first-order valence-electron chi connectivity index (χ1n) is 14.3. The lowest BCUT2D eigenvalue weighted by Gasteiger charge is -2.24. The Kier molecular flexibility index (Phi) is 10.4. The molecule has 4 rings (SSSR count). The van der Waals surface area contributed by atoms with Crippen LogP contribution in [-0.4, -0.2) is 22.2 Å². The highest BCUT2D eigenvalue weighted by Gasteiger charge is 2.20. The first-order valence-corrected chi connectivity index (χ1v) is 14.3. The van der Waals surface area contributed by atoms with Gasteiger partial charge in [0.2, 0.25) is 5.91 Å². The maximum Gasteiger partial charge on any atom is 0.223 e. The number of phenols is 1. The van der Waals surface area contributed by atoms with Gasteiger partial charge in [0.15, 0.2) is 6.29 Å². The van der Waals surface area contributed by atoms with Gasteiger partial charge in [0.05, 0.1) is 5.56 Å². The zero-order valence-corrected chi connectivity index (χ0v) is 23.0. The molecule has 39 heavy (non-hydrogen) atoms. The van der Waals surface area contributed by atoms with Gasteiger partial charge in [-0.3, -0.25) is 9.59 Å². The summed E-state index contributed by atoms with van der Waals surface area (Å²) >= 11 is 0. The normalized spacial score (nSPS) is 13.1. The van der Waals surface area contributed by atoms with E-state index in [4.69, 9.17) is 0 Å². The molecule has 0 saturated heterocycles. The lowest BCUT2D eigenvalue weighted by Crippen LogP contribution is -2.30. The van der Waals surface area contributed by atoms with Crippen molar-refractivity contribution in [2.24, 2.45) is 5.92 Å². The van der Waals surface area contributed by atoms with Crippen molar-refractivity contribution in [3.05, 3.63) is 100 Å². The number of unbranched alkanes of at least 4 members (excludes halogenated alkanes) is 1. The maximum atomic E-state index is 13.3. The van der Waals surface area contributed by atoms with E-state index in [-0.39, 0.29) is 17.2 Å². The number of aryl methyl sites for hydroxylation is 1. The highest BCUT2D eigenvalue weighted by atomic mass is 16.3. The number of phenolic OH excluding ortho intramolecular Hbond substituents is 1. The number of carbonyl (C=O) groups is 2. The molecule has 1 aliphatic carbocycles. The fourth-order valence-electron chi connectivity index (χ4n) is 5.23. The molecule has 3 aromatic rings. The van der Waals surface area contributed by atoms with Crippen LogP contribution >= 0.6 is 0 Å². The molecular formula is C35H39NO3. The Labute approximate surface area is 233 Å². The second-order valence-electron chi connectivity index (χ2n) is 10.7. The molecule has 202 valence electrons. The number of rotatable bonds is 11. The van der Waals surface area contributed by atoms with Gasteiger partial charge in [0.25, 0.3) is 0 Å². The zero-order chi connectivity index (χ0) is 27.5. The predicted octanol–water partition coefficient (Wildman–Crippen LogP) is 7.45. The van der Waals surface area contributed by atoms with Crippen LogP contribution in [0.3, 0.4) is 0 Å². The van der Waals surface area contributed by atoms with E-state index in [1.54, 1.807) is 12.1 Å². The Morgan fingerprint density at radius 1 is 0.897 bits per heavy atom. The van der Waals surface area contributed by atoms with Crippen molar-refractivity contribution < 1.29 is 14.7 Å². The summed E-state index contributed by atoms with van der Waals surface area (Å²) in [7, 11) is 0. The summed E-state index contributed by atoms with van der Waals surface area (Å²) in [5.41, 5.74) is 5.38. The molecule has 3 aromatic carbocycles. The van der Waals surface area contributed by atoms with E-state index in [0.717, 1.165) is 35.1 Å². The molecule has 1 N–H and O–H groups in total. The smallest absolute Gasteiger partial charge is 0.223 e. The number of nitrogens with zero attached hydrogens (tertiary/aromatic N) is 1. The largest absolute Gasteiger partial charge is 0.507 e. The van der Waals surface area contributed by atoms with Crippen molar-refractivity contribution in [2.75, 3.05) is 0 Å². The molecule has 0 heterocycles. The third-order valence-corrected chi connectivity index (χ3v) is 7.64. The second kappa shape index (κ2) is 14.4. The van der Waals surface area contributed by atoms with E-state index in [2.05, 4.69) is 43.0 Å². The van der Waals surface area contributed by atoms with Crippen LogP contribution in [0.1, 0.15) is 96.5 Å². The molecule has 1 saturated carbocycles. The first-order chi connectivity index (χ1) is 19.0. The molecule has 4 nitrogen and oxygen atoms in total. The SMILES string of the molecule is CCCCc1ccc(C#Cc2ccc(CN(Cc3ccc(O)c(C=O)c3)C(=O)CCC3CCCC3)cc2)cc1. The Hall–Kier alpha value is -3.84. The van der Waals surface area contributed by atoms with Crippen LogP contribution in [0.5, 0.6) is 5.75 Å². The summed E-state index contributed by atoms with van der Waals surface area (Å²) in [6, 6.07) is 21.5. The summed E-state index contributed by atoms with van der Waals surface area (Å²) in [5.74, 6) is 7.22. The Bertz CT molecular complexity index is 1290. The van der Waals surface area contributed by atoms with E-state index in [9.17, 15) is 14.7 Å². The Balaban J connectivity index is 1.43. The molecule has 0 unspecified atom stereocenters. The highest BCUT2D eigenvalue weighted by Crippen LogP contribution is 2.29. The Morgan fingerprint density at radius 3 is 2.10 bits per heavy atom. The summed E-state index contributed by atoms with van der Waals surface area (Å²) in [6.07, 6.45) is 10.6. The number of hydrogen-bond acceptors (Lipinski definition) is 3. The number of benzene rings is 3. The van der Waals surface area contributed by atoms with Crippen LogP contribution in [0.15, 0.2) is 66.7 Å². The fraction of sp³-hybridized carbons (Fsp3) is 0.371. The number of amides is 1. The zero-order valence-electron chi connectivity index (χ0n) is 23.0. The molecule has 0 bridgehead atoms. The molecule has 1 aliphatic rings. The van der Waals surface area contributed by atoms with E-state index < -0.39 is 0 Å². The monoisotopic (exact) mass is 521 g/mol. The molecule has 0 aliphatic heterocycles. The van der Waals surface area contributed by atoms with Crippen molar-refractivity contribution in [1.29, 1.82) is 0 Å². The number of hydrogen-bond donors (Lipinski definition) is 1. The summed E-state index contributed by atoms with van der Waals surface area (Å²) in [6.45, 7) is 3.08. The second-order valence-corrected chi connectivity index (χ2v) is 10.7. The number of aromatic hydroxyl groups is 1. The molecule has 0 radical (unpaired) electrons. The van der Waals surface area contributed by atoms with Crippen molar-refractivity contribution in [3.8, 4) is 17.6 Å². The van der Waals surface area contributed by atoms with Gasteiger partial charge < -0.3 is 10.0 Å². The maximum absolute atomic E-state index is 13.3. The van der Waals surface area contributed by atoms with Gasteiger partial charge in [-0.25, -0.2) is 0 Å². The minimum absolute atomic E-state index is 0.0444. The quantitative estimate of drug-likeness (QED) is 0.211. The molecule has 0 atom stereocenters. The van der Waals surface area contributed by atoms with Crippen LogP contribution < -0.4 is 0 Å². The molecule has 0 spiro atoms. The van der Waals surface area contributed by atoms with Crippen molar-refractivity contribution in [1.82, 2.24) is 4.90 Å². The molecule has 0 aromatic heterocycles. The van der Waals surface area contributed by atoms with Crippen molar-refractivity contribution in [2.45, 2.75) is 77.8 Å². The van der Waals surface area contributed by atoms with Gasteiger partial charge in [-0.05, 0) is 78.3 Å². The van der Waals surface area contributed by atoms with Crippen LogP contribution in [-0.2, 0) is 24.3 Å². The van der Waals surface area contributed by atoms with E-state index in [1.807, 2.05) is 29.2 Å². The van der Waals surface area contributed by atoms with Gasteiger partial charge in [-0.15, -0.1) is 0 Å². The van der Waals surface area contributed by atoms with Gasteiger partial charge in [-0.1, -0.05) is 81.2 Å². The lowest BCUT2D eigenvalue weighted by molar-refractivity contribution is -0.132. The van der Waals surface area contributed by atoms with Gasteiger partial charge in [0.1, 0.15) is 5.75 Å². The molecule has 1 amide bonds. The standard InChI is InChI=1S/C35H39NO3/c1-2-3-6-28-9-11-29(12-10-28)13-14-30-15-17-31(18-16-30)24-36(35(39)22-20-27-7-4-5-8-27)25-32-19-21-34(38)33(23-32)26-37/h9-12,15-19,21,23,26-27,38H,2-8,20,22,24-25H2,1H3. The average molecular weight is 522 g/mol. The minimum atomic E-state index is -0.0444. The van der Waals surface area contributed by atoms with E-state index >= 15 is 0 Å². The van der Waals surface area contributed by atoms with Crippen LogP contribution in [0, 0.1) is 17.8 Å². The van der Waals surface area contributed by atoms with Gasteiger partial charge >= 0.3 is 0 Å². The number of carbonyl (C=O) groups excluding carboxylic acids is 2. The minimum Gasteiger partial charge on any atom is -0.507 e. The molecular weight excluding hydrogens is 482 g/mol. The third-order valence-electron chi connectivity index (χ3n) is 7.64. The van der Waals surface area contributed by atoms with E-state index in [0.29, 0.717) is 31.7 Å². The van der Waals surface area contributed by atoms with Gasteiger partial charge in [-0.2, -0.15) is 0 Å². The van der Waals surface area contributed by atoms with Crippen molar-refractivity contribution in [3.63, 3.8) is 0 Å². The molecule has 4 heteroatoms. The Morgan fingerprint density at radius 2 is 1.49 bits per heavy atom. The summed E-state index contributed by atoms with van der Waals surface area (Å²) in [4.78, 5) is 26.5. The first kappa shape index (κ1) is 28.2. The average Bonchev–Trinajstić information content (AvgIpc) is 3.49. The summed E-state index contributed by atoms with van der Waals surface area (Å²) < 4.78 is 0. The van der Waals surface area contributed by atoms with Crippen molar-refractivity contribution >= 4 is 12.2 Å².